The van der Waals surface area contributed by atoms with E-state index in [1.54, 1.807) is 0 Å². The number of amides is 1. The summed E-state index contributed by atoms with van der Waals surface area (Å²) in [6, 6.07) is 0. The van der Waals surface area contributed by atoms with E-state index >= 15 is 0 Å². The van der Waals surface area contributed by atoms with Crippen molar-refractivity contribution in [2.45, 2.75) is 0 Å². The molecule has 0 aromatic rings. The molecule has 0 aliphatic heterocycles. The Labute approximate surface area is 80.7 Å². The zero-order valence-corrected chi connectivity index (χ0v) is 7.93. The van der Waals surface area contributed by atoms with Crippen LogP contribution in [0.2, 0.25) is 0 Å². The van der Waals surface area contributed by atoms with Crippen LogP contribution in [-0.4, -0.2) is 43.2 Å². The molecule has 0 unspecified atom stereocenters. The summed E-state index contributed by atoms with van der Waals surface area (Å²) in [4.78, 5) is 12.7. The van der Waals surface area contributed by atoms with Crippen molar-refractivity contribution in [3.8, 4) is 0 Å². The van der Waals surface area contributed by atoms with Crippen molar-refractivity contribution in [1.82, 2.24) is 4.90 Å². The van der Waals surface area contributed by atoms with E-state index in [0.29, 0.717) is 0 Å². The van der Waals surface area contributed by atoms with Gasteiger partial charge in [0.15, 0.2) is 5.71 Å². The first-order chi connectivity index (χ1) is 6.58. The third kappa shape index (κ3) is 2.73. The third-order valence-electron chi connectivity index (χ3n) is 1.22. The molecule has 0 aliphatic rings. The molecule has 0 aromatic heterocycles. The highest BCUT2D eigenvalue weighted by molar-refractivity contribution is 6.66. The van der Waals surface area contributed by atoms with E-state index in [1.165, 1.54) is 19.0 Å². The fourth-order valence-electron chi connectivity index (χ4n) is 0.609. The van der Waals surface area contributed by atoms with E-state index in [1.807, 2.05) is 0 Å². The van der Waals surface area contributed by atoms with Gasteiger partial charge in [0, 0.05) is 20.8 Å². The molecule has 0 aromatic carbocycles. The van der Waals surface area contributed by atoms with Gasteiger partial charge in [-0.25, -0.2) is 5.53 Å². The van der Waals surface area contributed by atoms with Crippen LogP contribution in [0.3, 0.4) is 0 Å². The van der Waals surface area contributed by atoms with Crippen molar-refractivity contribution < 1.29 is 4.79 Å². The lowest BCUT2D eigenvalue weighted by molar-refractivity contribution is -0.121. The van der Waals surface area contributed by atoms with E-state index in [-0.39, 0.29) is 11.5 Å². The SMILES string of the molecule is C=N/N=C(C(=O)N(C)C)\C(N=N)=N/N. The first-order valence-corrected chi connectivity index (χ1v) is 3.49. The highest BCUT2D eigenvalue weighted by Gasteiger charge is 2.20. The summed E-state index contributed by atoms with van der Waals surface area (Å²) in [5, 5.41) is 12.6. The largest absolute Gasteiger partial charge is 0.343 e. The molecule has 0 fully saturated rings. The molecule has 14 heavy (non-hydrogen) atoms. The van der Waals surface area contributed by atoms with Gasteiger partial charge in [-0.3, -0.25) is 4.79 Å². The molecule has 0 saturated heterocycles. The second-order valence-electron chi connectivity index (χ2n) is 2.35. The fraction of sp³-hybridized carbons (Fsp3) is 0.333. The second kappa shape index (κ2) is 5.51. The van der Waals surface area contributed by atoms with Crippen LogP contribution in [0, 0.1) is 5.53 Å². The summed E-state index contributed by atoms with van der Waals surface area (Å²) in [7, 11) is 3.03. The van der Waals surface area contributed by atoms with Gasteiger partial charge in [0.1, 0.15) is 0 Å². The Hall–Kier alpha value is -2.12. The second-order valence-corrected chi connectivity index (χ2v) is 2.35. The monoisotopic (exact) mass is 197 g/mol. The van der Waals surface area contributed by atoms with Gasteiger partial charge in [-0.05, 0) is 0 Å². The van der Waals surface area contributed by atoms with Crippen LogP contribution in [0.15, 0.2) is 20.4 Å². The molecule has 0 heterocycles. The molecule has 8 heteroatoms. The number of amidine groups is 1. The van der Waals surface area contributed by atoms with Gasteiger partial charge < -0.3 is 10.7 Å². The smallest absolute Gasteiger partial charge is 0.277 e. The summed E-state index contributed by atoms with van der Waals surface area (Å²) < 4.78 is 0. The molecular weight excluding hydrogens is 186 g/mol. The Morgan fingerprint density at radius 3 is 2.36 bits per heavy atom. The van der Waals surface area contributed by atoms with Gasteiger partial charge in [0.25, 0.3) is 5.91 Å². The maximum absolute atomic E-state index is 11.4. The molecule has 0 rings (SSSR count). The van der Waals surface area contributed by atoms with Crippen LogP contribution >= 0.6 is 0 Å². The van der Waals surface area contributed by atoms with Gasteiger partial charge in [-0.15, -0.1) is 10.2 Å². The number of hydrogen-bond donors (Lipinski definition) is 2. The van der Waals surface area contributed by atoms with Gasteiger partial charge in [0.05, 0.1) is 0 Å². The van der Waals surface area contributed by atoms with Crippen LogP contribution in [-0.2, 0) is 4.79 Å². The van der Waals surface area contributed by atoms with Crippen molar-refractivity contribution in [3.63, 3.8) is 0 Å². The Bertz CT molecular complexity index is 303. The molecule has 1 amide bonds. The fourth-order valence-corrected chi connectivity index (χ4v) is 0.609. The minimum Gasteiger partial charge on any atom is -0.343 e. The van der Waals surface area contributed by atoms with E-state index in [2.05, 4.69) is 27.1 Å². The van der Waals surface area contributed by atoms with Crippen molar-refractivity contribution in [2.75, 3.05) is 14.1 Å². The van der Waals surface area contributed by atoms with Crippen LogP contribution in [0.1, 0.15) is 0 Å². The third-order valence-corrected chi connectivity index (χ3v) is 1.22. The Balaban J connectivity index is 5.16. The molecule has 0 atom stereocenters. The molecule has 8 nitrogen and oxygen atoms in total. The highest BCUT2D eigenvalue weighted by Crippen LogP contribution is 1.92. The molecule has 76 valence electrons. The number of hydrogen-bond acceptors (Lipinski definition) is 6. The predicted molar refractivity (Wildman–Crippen MR) is 52.4 cm³/mol. The minimum atomic E-state index is -0.502. The summed E-state index contributed by atoms with van der Waals surface area (Å²) in [5.41, 5.74) is 6.48. The number of rotatable bonds is 3. The van der Waals surface area contributed by atoms with Crippen LogP contribution in [0.4, 0.5) is 0 Å². The molecule has 0 aliphatic carbocycles. The number of nitrogens with one attached hydrogen (secondary N) is 1. The van der Waals surface area contributed by atoms with Crippen molar-refractivity contribution >= 4 is 24.2 Å². The predicted octanol–water partition coefficient (Wildman–Crippen LogP) is -0.566. The summed E-state index contributed by atoms with van der Waals surface area (Å²) >= 11 is 0. The average Bonchev–Trinajstić information content (AvgIpc) is 2.17. The Morgan fingerprint density at radius 2 is 2.07 bits per heavy atom. The zero-order valence-electron chi connectivity index (χ0n) is 7.93. The quantitative estimate of drug-likeness (QED) is 0.207. The molecular formula is C6H11N7O. The lowest BCUT2D eigenvalue weighted by Crippen LogP contribution is -2.34. The summed E-state index contributed by atoms with van der Waals surface area (Å²) in [6.45, 7) is 3.09. The van der Waals surface area contributed by atoms with Gasteiger partial charge in [-0.1, -0.05) is 0 Å². The minimum absolute atomic E-state index is 0.220. The maximum Gasteiger partial charge on any atom is 0.277 e. The van der Waals surface area contributed by atoms with Crippen molar-refractivity contribution in [2.24, 2.45) is 26.3 Å². The standard InChI is InChI=1S/C6H11N7O/c1-9-12-4(5(10-7)11-8)6(14)13(2)3/h7H,1,8H2,2-3H3/b10-7?,11-5+,12-4+. The zero-order chi connectivity index (χ0) is 11.1. The first kappa shape index (κ1) is 11.9. The maximum atomic E-state index is 11.4. The van der Waals surface area contributed by atoms with E-state index in [9.17, 15) is 4.79 Å². The number of carbonyl (C=O) groups excluding carboxylic acids is 1. The number of carbonyl (C=O) groups is 1. The number of nitrogens with zero attached hydrogens (tertiary/aromatic N) is 5. The molecule has 3 N–H and O–H groups in total. The normalized spacial score (nSPS) is 12.1. The van der Waals surface area contributed by atoms with Crippen LogP contribution in [0.25, 0.3) is 0 Å². The lowest BCUT2D eigenvalue weighted by atomic mass is 10.3. The molecule has 0 spiro atoms. The van der Waals surface area contributed by atoms with Crippen LogP contribution in [0.5, 0.6) is 0 Å². The Kier molecular flexibility index (Phi) is 4.68. The first-order valence-electron chi connectivity index (χ1n) is 3.49. The molecule has 0 saturated carbocycles. The summed E-state index contributed by atoms with van der Waals surface area (Å²) in [5.74, 6) is 4.12. The highest BCUT2D eigenvalue weighted by atomic mass is 16.2. The van der Waals surface area contributed by atoms with Gasteiger partial charge in [0.2, 0.25) is 5.84 Å². The molecule has 0 bridgehead atoms. The van der Waals surface area contributed by atoms with Gasteiger partial charge in [-0.2, -0.15) is 10.2 Å². The molecule has 0 radical (unpaired) electrons. The van der Waals surface area contributed by atoms with Gasteiger partial charge >= 0.3 is 0 Å². The van der Waals surface area contributed by atoms with E-state index in [4.69, 9.17) is 11.4 Å². The summed E-state index contributed by atoms with van der Waals surface area (Å²) in [6.07, 6.45) is 0. The van der Waals surface area contributed by atoms with E-state index in [0.717, 1.165) is 0 Å². The topological polar surface area (TPSA) is 120 Å². The van der Waals surface area contributed by atoms with Crippen LogP contribution < -0.4 is 5.84 Å². The lowest BCUT2D eigenvalue weighted by Gasteiger charge is -2.09. The average molecular weight is 197 g/mol. The van der Waals surface area contributed by atoms with E-state index < -0.39 is 5.91 Å². The van der Waals surface area contributed by atoms with Crippen molar-refractivity contribution in [1.29, 1.82) is 5.53 Å². The number of hydrazone groups is 1. The van der Waals surface area contributed by atoms with Crippen molar-refractivity contribution in [3.05, 3.63) is 0 Å². The number of nitrogens with two attached hydrogens (primary N) is 1. The Morgan fingerprint density at radius 1 is 1.50 bits per heavy atom.